The van der Waals surface area contributed by atoms with E-state index in [9.17, 15) is 4.79 Å². The zero-order chi connectivity index (χ0) is 14.5. The minimum Gasteiger partial charge on any atom is -0.372 e. The molecule has 1 fully saturated rings. The maximum Gasteiger partial charge on any atom is 0.221 e. The van der Waals surface area contributed by atoms with Crippen LogP contribution in [-0.4, -0.2) is 44.0 Å². The predicted octanol–water partition coefficient (Wildman–Crippen LogP) is 2.83. The number of nitrogens with zero attached hydrogens (tertiary/aromatic N) is 2. The zero-order valence-electron chi connectivity index (χ0n) is 12.2. The number of hydrogen-bond acceptors (Lipinski definition) is 3. The highest BCUT2D eigenvalue weighted by molar-refractivity contribution is 6.31. The summed E-state index contributed by atoms with van der Waals surface area (Å²) in [6, 6.07) is 5.55. The number of anilines is 2. The average Bonchev–Trinajstić information content (AvgIpc) is 2.90. The van der Waals surface area contributed by atoms with E-state index in [1.807, 2.05) is 19.2 Å². The van der Waals surface area contributed by atoms with Crippen LogP contribution < -0.4 is 10.2 Å². The van der Waals surface area contributed by atoms with Crippen molar-refractivity contribution in [1.82, 2.24) is 4.90 Å². The number of likely N-dealkylation sites (tertiary alicyclic amines) is 1. The van der Waals surface area contributed by atoms with Crippen LogP contribution in [0.15, 0.2) is 18.2 Å². The third kappa shape index (κ3) is 4.12. The van der Waals surface area contributed by atoms with E-state index in [2.05, 4.69) is 15.1 Å². The van der Waals surface area contributed by atoms with Crippen LogP contribution >= 0.6 is 11.6 Å². The Labute approximate surface area is 125 Å². The molecule has 0 bridgehead atoms. The van der Waals surface area contributed by atoms with Crippen molar-refractivity contribution in [3.05, 3.63) is 23.2 Å². The van der Waals surface area contributed by atoms with Gasteiger partial charge >= 0.3 is 0 Å². The number of carbonyl (C=O) groups is 1. The van der Waals surface area contributed by atoms with E-state index in [0.29, 0.717) is 5.02 Å². The Morgan fingerprint density at radius 1 is 1.40 bits per heavy atom. The standard InChI is InChI=1S/C15H22ClN3O/c1-12(20)17-14-6-5-13(16)11-15(14)18(2)9-10-19-7-3-4-8-19/h5-6,11H,3-4,7-10H2,1-2H3,(H,17,20). The molecule has 1 heterocycles. The van der Waals surface area contributed by atoms with Gasteiger partial charge in [-0.3, -0.25) is 4.79 Å². The minimum absolute atomic E-state index is 0.0680. The predicted molar refractivity (Wildman–Crippen MR) is 84.7 cm³/mol. The van der Waals surface area contributed by atoms with Crippen LogP contribution in [0.5, 0.6) is 0 Å². The van der Waals surface area contributed by atoms with Gasteiger partial charge in [0.05, 0.1) is 11.4 Å². The third-order valence-electron chi connectivity index (χ3n) is 3.63. The summed E-state index contributed by atoms with van der Waals surface area (Å²) < 4.78 is 0. The summed E-state index contributed by atoms with van der Waals surface area (Å²) in [5.41, 5.74) is 1.78. The minimum atomic E-state index is -0.0680. The van der Waals surface area contributed by atoms with Crippen LogP contribution in [0.1, 0.15) is 19.8 Å². The lowest BCUT2D eigenvalue weighted by molar-refractivity contribution is -0.114. The molecule has 0 spiro atoms. The fourth-order valence-corrected chi connectivity index (χ4v) is 2.70. The lowest BCUT2D eigenvalue weighted by Crippen LogP contribution is -2.31. The highest BCUT2D eigenvalue weighted by atomic mass is 35.5. The topological polar surface area (TPSA) is 35.6 Å². The molecule has 5 heteroatoms. The molecule has 20 heavy (non-hydrogen) atoms. The third-order valence-corrected chi connectivity index (χ3v) is 3.87. The number of rotatable bonds is 5. The molecule has 1 aliphatic heterocycles. The first-order valence-electron chi connectivity index (χ1n) is 7.07. The summed E-state index contributed by atoms with van der Waals surface area (Å²) in [4.78, 5) is 15.9. The van der Waals surface area contributed by atoms with Crippen molar-refractivity contribution in [1.29, 1.82) is 0 Å². The van der Waals surface area contributed by atoms with Crippen molar-refractivity contribution >= 4 is 28.9 Å². The van der Waals surface area contributed by atoms with Crippen molar-refractivity contribution < 1.29 is 4.79 Å². The number of carbonyl (C=O) groups excluding carboxylic acids is 1. The smallest absolute Gasteiger partial charge is 0.221 e. The molecule has 0 radical (unpaired) electrons. The van der Waals surface area contributed by atoms with Gasteiger partial charge in [-0.25, -0.2) is 0 Å². The number of halogens is 1. The summed E-state index contributed by atoms with van der Waals surface area (Å²) in [6.45, 7) is 5.88. The maximum atomic E-state index is 11.3. The van der Waals surface area contributed by atoms with E-state index in [4.69, 9.17) is 11.6 Å². The molecule has 0 unspecified atom stereocenters. The molecule has 2 rings (SSSR count). The molecule has 1 aromatic rings. The largest absolute Gasteiger partial charge is 0.372 e. The van der Waals surface area contributed by atoms with E-state index < -0.39 is 0 Å². The summed E-state index contributed by atoms with van der Waals surface area (Å²) >= 11 is 6.07. The second kappa shape index (κ2) is 6.95. The molecule has 0 aromatic heterocycles. The van der Waals surface area contributed by atoms with Gasteiger partial charge in [0.1, 0.15) is 0 Å². The SMILES string of the molecule is CC(=O)Nc1ccc(Cl)cc1N(C)CCN1CCCC1. The number of likely N-dealkylation sites (N-methyl/N-ethyl adjacent to an activating group) is 1. The van der Waals surface area contributed by atoms with Gasteiger partial charge in [-0.15, -0.1) is 0 Å². The normalized spacial score (nSPS) is 15.3. The Morgan fingerprint density at radius 2 is 2.10 bits per heavy atom. The number of benzene rings is 1. The van der Waals surface area contributed by atoms with Gasteiger partial charge in [0.25, 0.3) is 0 Å². The van der Waals surface area contributed by atoms with Crippen molar-refractivity contribution in [2.75, 3.05) is 43.4 Å². The Hall–Kier alpha value is -1.26. The first kappa shape index (κ1) is 15.1. The van der Waals surface area contributed by atoms with Gasteiger partial charge in [-0.05, 0) is 44.1 Å². The highest BCUT2D eigenvalue weighted by Crippen LogP contribution is 2.28. The van der Waals surface area contributed by atoms with Crippen molar-refractivity contribution in [2.24, 2.45) is 0 Å². The lowest BCUT2D eigenvalue weighted by Gasteiger charge is -2.25. The Balaban J connectivity index is 2.04. The van der Waals surface area contributed by atoms with E-state index >= 15 is 0 Å². The van der Waals surface area contributed by atoms with Crippen LogP contribution in [0.25, 0.3) is 0 Å². The summed E-state index contributed by atoms with van der Waals surface area (Å²) in [5.74, 6) is -0.0680. The van der Waals surface area contributed by atoms with Gasteiger partial charge in [-0.1, -0.05) is 11.6 Å². The van der Waals surface area contributed by atoms with Gasteiger partial charge in [0.15, 0.2) is 0 Å². The molecular formula is C15H22ClN3O. The van der Waals surface area contributed by atoms with Crippen molar-refractivity contribution in [2.45, 2.75) is 19.8 Å². The Kier molecular flexibility index (Phi) is 5.26. The van der Waals surface area contributed by atoms with E-state index in [-0.39, 0.29) is 5.91 Å². The summed E-state index contributed by atoms with van der Waals surface area (Å²) in [7, 11) is 2.03. The molecule has 1 aromatic carbocycles. The van der Waals surface area contributed by atoms with Crippen LogP contribution in [0, 0.1) is 0 Å². The fraction of sp³-hybridized carbons (Fsp3) is 0.533. The molecule has 1 aliphatic rings. The molecule has 1 saturated heterocycles. The molecule has 0 saturated carbocycles. The molecule has 0 aliphatic carbocycles. The Bertz CT molecular complexity index is 472. The van der Waals surface area contributed by atoms with Crippen molar-refractivity contribution in [3.8, 4) is 0 Å². The first-order chi connectivity index (χ1) is 9.56. The van der Waals surface area contributed by atoms with E-state index in [1.165, 1.54) is 32.9 Å². The maximum absolute atomic E-state index is 11.3. The van der Waals surface area contributed by atoms with Gasteiger partial charge < -0.3 is 15.1 Å². The first-order valence-corrected chi connectivity index (χ1v) is 7.44. The highest BCUT2D eigenvalue weighted by Gasteiger charge is 2.14. The Morgan fingerprint density at radius 3 is 2.75 bits per heavy atom. The molecule has 1 amide bonds. The summed E-state index contributed by atoms with van der Waals surface area (Å²) in [6.07, 6.45) is 2.61. The van der Waals surface area contributed by atoms with Crippen molar-refractivity contribution in [3.63, 3.8) is 0 Å². The number of hydrogen-bond donors (Lipinski definition) is 1. The summed E-state index contributed by atoms with van der Waals surface area (Å²) in [5, 5.41) is 3.54. The molecule has 110 valence electrons. The van der Waals surface area contributed by atoms with Crippen LogP contribution in [0.3, 0.4) is 0 Å². The average molecular weight is 296 g/mol. The van der Waals surface area contributed by atoms with Crippen LogP contribution in [0.2, 0.25) is 5.02 Å². The molecule has 4 nitrogen and oxygen atoms in total. The number of amides is 1. The van der Waals surface area contributed by atoms with E-state index in [0.717, 1.165) is 24.5 Å². The molecule has 1 N–H and O–H groups in total. The quantitative estimate of drug-likeness (QED) is 0.907. The second-order valence-corrected chi connectivity index (χ2v) is 5.75. The molecule has 0 atom stereocenters. The molecular weight excluding hydrogens is 274 g/mol. The van der Waals surface area contributed by atoms with Gasteiger partial charge in [-0.2, -0.15) is 0 Å². The second-order valence-electron chi connectivity index (χ2n) is 5.31. The monoisotopic (exact) mass is 295 g/mol. The number of nitrogens with one attached hydrogen (secondary N) is 1. The lowest BCUT2D eigenvalue weighted by atomic mass is 10.2. The van der Waals surface area contributed by atoms with Gasteiger partial charge in [0, 0.05) is 32.1 Å². The van der Waals surface area contributed by atoms with E-state index in [1.54, 1.807) is 6.07 Å². The van der Waals surface area contributed by atoms with Crippen LogP contribution in [-0.2, 0) is 4.79 Å². The van der Waals surface area contributed by atoms with Crippen LogP contribution in [0.4, 0.5) is 11.4 Å². The fourth-order valence-electron chi connectivity index (χ4n) is 2.53. The zero-order valence-corrected chi connectivity index (χ0v) is 12.9. The van der Waals surface area contributed by atoms with Gasteiger partial charge in [0.2, 0.25) is 5.91 Å².